The van der Waals surface area contributed by atoms with Crippen LogP contribution in [0.15, 0.2) is 40.8 Å². The Morgan fingerprint density at radius 2 is 1.81 bits per heavy atom. The largest absolute Gasteiger partial charge is 0.423 e. The van der Waals surface area contributed by atoms with Crippen LogP contribution in [0, 0.1) is 13.8 Å². The van der Waals surface area contributed by atoms with E-state index in [0.29, 0.717) is 22.4 Å². The van der Waals surface area contributed by atoms with Gasteiger partial charge in [-0.1, -0.05) is 6.07 Å². The highest BCUT2D eigenvalue weighted by Gasteiger charge is 2.12. The predicted octanol–water partition coefficient (Wildman–Crippen LogP) is 3.53. The summed E-state index contributed by atoms with van der Waals surface area (Å²) in [4.78, 5) is 27.7. The first kappa shape index (κ1) is 18.5. The second kappa shape index (κ2) is 7.55. The molecule has 8 heteroatoms. The number of aryl methyl sites for hydroxylation is 2. The molecule has 2 aromatic carbocycles. The summed E-state index contributed by atoms with van der Waals surface area (Å²) in [5.74, 6) is -0.498. The van der Waals surface area contributed by atoms with Crippen LogP contribution >= 0.6 is 12.2 Å². The summed E-state index contributed by atoms with van der Waals surface area (Å²) >= 11 is 5.16. The fraction of sp³-hybridized carbons (Fsp3) is 0.158. The molecule has 1 heterocycles. The zero-order valence-electron chi connectivity index (χ0n) is 15.0. The number of hydrogen-bond acceptors (Lipinski definition) is 5. The van der Waals surface area contributed by atoms with Crippen molar-refractivity contribution in [2.75, 3.05) is 10.6 Å². The van der Waals surface area contributed by atoms with Crippen LogP contribution in [0.1, 0.15) is 28.4 Å². The quantitative estimate of drug-likeness (QED) is 0.600. The molecule has 7 nitrogen and oxygen atoms in total. The Morgan fingerprint density at radius 3 is 2.52 bits per heavy atom. The Hall–Kier alpha value is -3.26. The molecule has 0 spiro atoms. The average Bonchev–Trinajstić information content (AvgIpc) is 2.97. The molecular formula is C19H18N4O3S. The van der Waals surface area contributed by atoms with E-state index < -0.39 is 0 Å². The maximum Gasteiger partial charge on any atom is 0.302 e. The van der Waals surface area contributed by atoms with Crippen molar-refractivity contribution >= 4 is 51.9 Å². The van der Waals surface area contributed by atoms with Crippen LogP contribution in [0.25, 0.3) is 11.1 Å². The molecule has 0 aliphatic rings. The van der Waals surface area contributed by atoms with Gasteiger partial charge >= 0.3 is 6.01 Å². The van der Waals surface area contributed by atoms with Gasteiger partial charge in [0.1, 0.15) is 5.52 Å². The Bertz CT molecular complexity index is 1060. The van der Waals surface area contributed by atoms with E-state index in [0.717, 1.165) is 11.1 Å². The lowest BCUT2D eigenvalue weighted by Crippen LogP contribution is -2.34. The number of thiocarbonyl (C=S) groups is 1. The molecule has 1 aromatic heterocycles. The topological polar surface area (TPSA) is 96.3 Å². The zero-order chi connectivity index (χ0) is 19.6. The van der Waals surface area contributed by atoms with Crippen molar-refractivity contribution in [3.63, 3.8) is 0 Å². The number of rotatable bonds is 3. The van der Waals surface area contributed by atoms with Gasteiger partial charge in [-0.15, -0.1) is 0 Å². The van der Waals surface area contributed by atoms with Crippen molar-refractivity contribution < 1.29 is 14.0 Å². The van der Waals surface area contributed by atoms with E-state index in [4.69, 9.17) is 16.6 Å². The SMILES string of the molecule is CC(=O)Nc1ccc2nc(NC(=S)NC(=O)c3ccc(C)c(C)c3)oc2c1. The molecule has 3 aromatic rings. The van der Waals surface area contributed by atoms with E-state index in [-0.39, 0.29) is 22.9 Å². The molecular weight excluding hydrogens is 364 g/mol. The van der Waals surface area contributed by atoms with Crippen molar-refractivity contribution in [2.45, 2.75) is 20.8 Å². The van der Waals surface area contributed by atoms with Gasteiger partial charge in [0, 0.05) is 24.2 Å². The number of oxazole rings is 1. The summed E-state index contributed by atoms with van der Waals surface area (Å²) in [5, 5.41) is 8.10. The van der Waals surface area contributed by atoms with E-state index in [9.17, 15) is 9.59 Å². The number of carbonyl (C=O) groups is 2. The van der Waals surface area contributed by atoms with Gasteiger partial charge < -0.3 is 9.73 Å². The minimum absolute atomic E-state index is 0.0758. The predicted molar refractivity (Wildman–Crippen MR) is 108 cm³/mol. The number of amides is 2. The molecule has 0 atom stereocenters. The third-order valence-electron chi connectivity index (χ3n) is 3.93. The minimum Gasteiger partial charge on any atom is -0.423 e. The van der Waals surface area contributed by atoms with Crippen LogP contribution in [0.5, 0.6) is 0 Å². The number of benzene rings is 2. The van der Waals surface area contributed by atoms with Gasteiger partial charge in [-0.25, -0.2) is 0 Å². The number of carbonyl (C=O) groups excluding carboxylic acids is 2. The smallest absolute Gasteiger partial charge is 0.302 e. The molecule has 0 unspecified atom stereocenters. The number of fused-ring (bicyclic) bond motifs is 1. The molecule has 0 aliphatic carbocycles. The van der Waals surface area contributed by atoms with Gasteiger partial charge in [-0.05, 0) is 61.5 Å². The van der Waals surface area contributed by atoms with Gasteiger partial charge in [0.15, 0.2) is 10.7 Å². The second-order valence-corrected chi connectivity index (χ2v) is 6.50. The number of nitrogens with zero attached hydrogens (tertiary/aromatic N) is 1. The normalized spacial score (nSPS) is 10.5. The highest BCUT2D eigenvalue weighted by atomic mass is 32.1. The first-order valence-corrected chi connectivity index (χ1v) is 8.60. The molecule has 0 saturated heterocycles. The molecule has 3 N–H and O–H groups in total. The van der Waals surface area contributed by atoms with Crippen molar-refractivity contribution in [1.29, 1.82) is 0 Å². The molecule has 0 saturated carbocycles. The fourth-order valence-corrected chi connectivity index (χ4v) is 2.63. The van der Waals surface area contributed by atoms with Crippen LogP contribution in [0.4, 0.5) is 11.7 Å². The standard InChI is InChI=1S/C19H18N4O3S/c1-10-4-5-13(8-11(10)2)17(25)22-19(27)23-18-21-15-7-6-14(20-12(3)24)9-16(15)26-18/h4-9H,1-3H3,(H,20,24)(H2,21,22,23,25,27). The van der Waals surface area contributed by atoms with Crippen molar-refractivity contribution in [2.24, 2.45) is 0 Å². The molecule has 0 radical (unpaired) electrons. The first-order valence-electron chi connectivity index (χ1n) is 8.19. The summed E-state index contributed by atoms with van der Waals surface area (Å²) in [6.07, 6.45) is 0. The van der Waals surface area contributed by atoms with E-state index in [1.54, 1.807) is 30.3 Å². The van der Waals surface area contributed by atoms with Gasteiger partial charge in [0.05, 0.1) is 0 Å². The molecule has 0 bridgehead atoms. The highest BCUT2D eigenvalue weighted by Crippen LogP contribution is 2.22. The van der Waals surface area contributed by atoms with Crippen LogP contribution in [0.2, 0.25) is 0 Å². The van der Waals surface area contributed by atoms with Gasteiger partial charge in [0.2, 0.25) is 5.91 Å². The average molecular weight is 382 g/mol. The summed E-state index contributed by atoms with van der Waals surface area (Å²) < 4.78 is 5.57. The lowest BCUT2D eigenvalue weighted by atomic mass is 10.1. The highest BCUT2D eigenvalue weighted by molar-refractivity contribution is 7.80. The maximum atomic E-state index is 12.3. The molecule has 27 heavy (non-hydrogen) atoms. The van der Waals surface area contributed by atoms with E-state index in [1.807, 2.05) is 19.9 Å². The number of nitrogens with one attached hydrogen (secondary N) is 3. The number of anilines is 2. The first-order chi connectivity index (χ1) is 12.8. The summed E-state index contributed by atoms with van der Waals surface area (Å²) in [6, 6.07) is 10.7. The summed E-state index contributed by atoms with van der Waals surface area (Å²) in [5.41, 5.74) is 4.32. The fourth-order valence-electron chi connectivity index (χ4n) is 2.45. The lowest BCUT2D eigenvalue weighted by Gasteiger charge is -2.08. The summed E-state index contributed by atoms with van der Waals surface area (Å²) in [6.45, 7) is 5.35. The molecule has 0 aliphatic heterocycles. The van der Waals surface area contributed by atoms with E-state index in [1.165, 1.54) is 6.92 Å². The van der Waals surface area contributed by atoms with Gasteiger partial charge in [-0.3, -0.25) is 20.2 Å². The van der Waals surface area contributed by atoms with Crippen molar-refractivity contribution in [3.8, 4) is 0 Å². The van der Waals surface area contributed by atoms with Crippen LogP contribution < -0.4 is 16.0 Å². The Morgan fingerprint density at radius 1 is 1.04 bits per heavy atom. The van der Waals surface area contributed by atoms with Gasteiger partial charge in [-0.2, -0.15) is 4.98 Å². The van der Waals surface area contributed by atoms with Crippen molar-refractivity contribution in [1.82, 2.24) is 10.3 Å². The number of aromatic nitrogens is 1. The zero-order valence-corrected chi connectivity index (χ0v) is 15.9. The molecule has 138 valence electrons. The van der Waals surface area contributed by atoms with Crippen LogP contribution in [-0.4, -0.2) is 21.9 Å². The Labute approximate surface area is 161 Å². The monoisotopic (exact) mass is 382 g/mol. The van der Waals surface area contributed by atoms with Crippen molar-refractivity contribution in [3.05, 3.63) is 53.1 Å². The van der Waals surface area contributed by atoms with Gasteiger partial charge in [0.25, 0.3) is 5.91 Å². The molecule has 2 amide bonds. The number of hydrogen-bond donors (Lipinski definition) is 3. The third kappa shape index (κ3) is 4.48. The maximum absolute atomic E-state index is 12.3. The second-order valence-electron chi connectivity index (χ2n) is 6.09. The van der Waals surface area contributed by atoms with Crippen LogP contribution in [0.3, 0.4) is 0 Å². The van der Waals surface area contributed by atoms with Crippen LogP contribution in [-0.2, 0) is 4.79 Å². The third-order valence-corrected chi connectivity index (χ3v) is 4.13. The molecule has 3 rings (SSSR count). The molecule has 0 fully saturated rings. The van der Waals surface area contributed by atoms with E-state index in [2.05, 4.69) is 20.9 Å². The Kier molecular flexibility index (Phi) is 5.18. The summed E-state index contributed by atoms with van der Waals surface area (Å²) in [7, 11) is 0. The lowest BCUT2D eigenvalue weighted by molar-refractivity contribution is -0.114. The Balaban J connectivity index is 1.68. The minimum atomic E-state index is -0.320. The van der Waals surface area contributed by atoms with E-state index >= 15 is 0 Å².